The number of phenolic OH excluding ortho intramolecular Hbond substituents is 2. The second-order valence-electron chi connectivity index (χ2n) is 5.23. The number of benzene rings is 3. The number of nitrogens with zero attached hydrogens (tertiary/aromatic N) is 2. The van der Waals surface area contributed by atoms with E-state index in [0.717, 1.165) is 11.4 Å². The molecular weight excluding hydrogens is 290 g/mol. The minimum Gasteiger partial charge on any atom is -0.506 e. The molecule has 3 aromatic rings. The molecule has 0 amide bonds. The Balaban J connectivity index is 1.90. The van der Waals surface area contributed by atoms with Gasteiger partial charge in [-0.25, -0.2) is 5.01 Å². The van der Waals surface area contributed by atoms with E-state index in [0.29, 0.717) is 11.4 Å². The first-order valence-electron chi connectivity index (χ1n) is 7.27. The quantitative estimate of drug-likeness (QED) is 0.668. The highest BCUT2D eigenvalue weighted by molar-refractivity contribution is 5.89. The molecule has 5 nitrogen and oxygen atoms in total. The topological polar surface area (TPSA) is 59.0 Å². The lowest BCUT2D eigenvalue weighted by Crippen LogP contribution is -2.38. The number of para-hydroxylation sites is 6. The van der Waals surface area contributed by atoms with Crippen molar-refractivity contribution in [2.24, 2.45) is 0 Å². The van der Waals surface area contributed by atoms with Gasteiger partial charge in [0.05, 0.1) is 11.4 Å². The number of hydrazine groups is 2. The first-order chi connectivity index (χ1) is 11.3. The van der Waals surface area contributed by atoms with Crippen LogP contribution < -0.4 is 15.6 Å². The third kappa shape index (κ3) is 2.10. The van der Waals surface area contributed by atoms with Gasteiger partial charge in [0, 0.05) is 0 Å². The van der Waals surface area contributed by atoms with Gasteiger partial charge in [0.2, 0.25) is 0 Å². The number of aromatic hydroxyl groups is 2. The lowest BCUT2D eigenvalue weighted by atomic mass is 10.2. The maximum Gasteiger partial charge on any atom is 0.142 e. The summed E-state index contributed by atoms with van der Waals surface area (Å²) in [4.78, 5) is 0. The normalized spacial score (nSPS) is 12.9. The van der Waals surface area contributed by atoms with Gasteiger partial charge in [-0.15, -0.1) is 0 Å². The molecule has 1 aliphatic heterocycles. The molecule has 0 saturated heterocycles. The van der Waals surface area contributed by atoms with Crippen LogP contribution in [0.3, 0.4) is 0 Å². The zero-order valence-electron chi connectivity index (χ0n) is 12.2. The summed E-state index contributed by atoms with van der Waals surface area (Å²) in [7, 11) is 0. The summed E-state index contributed by atoms with van der Waals surface area (Å²) in [5.41, 5.74) is 6.24. The Morgan fingerprint density at radius 2 is 1.13 bits per heavy atom. The van der Waals surface area contributed by atoms with Crippen LogP contribution in [0.15, 0.2) is 72.8 Å². The van der Waals surface area contributed by atoms with Crippen LogP contribution in [-0.4, -0.2) is 10.2 Å². The van der Waals surface area contributed by atoms with E-state index in [4.69, 9.17) is 0 Å². The standard InChI is InChI=1S/C18H15N3O2/c22-17-11-5-3-9-15(17)20-14-8-2-1-7-13(14)19-21(20)16-10-4-6-12-18(16)23/h1-12,19,22-23H. The molecule has 0 saturated carbocycles. The summed E-state index contributed by atoms with van der Waals surface area (Å²) in [6.45, 7) is 0. The molecule has 5 heteroatoms. The Bertz CT molecular complexity index is 866. The van der Waals surface area contributed by atoms with Crippen molar-refractivity contribution < 1.29 is 10.2 Å². The van der Waals surface area contributed by atoms with Gasteiger partial charge in [0.15, 0.2) is 0 Å². The molecule has 23 heavy (non-hydrogen) atoms. The molecule has 0 aliphatic carbocycles. The average molecular weight is 305 g/mol. The fraction of sp³-hybridized carbons (Fsp3) is 0. The number of phenols is 2. The Morgan fingerprint density at radius 1 is 0.609 bits per heavy atom. The van der Waals surface area contributed by atoms with Gasteiger partial charge in [-0.1, -0.05) is 36.4 Å². The second-order valence-corrected chi connectivity index (χ2v) is 5.23. The molecule has 4 rings (SSSR count). The Labute approximate surface area is 133 Å². The molecule has 114 valence electrons. The van der Waals surface area contributed by atoms with Crippen molar-refractivity contribution in [3.05, 3.63) is 72.8 Å². The lowest BCUT2D eigenvalue weighted by molar-refractivity contribution is 0.471. The monoisotopic (exact) mass is 305 g/mol. The van der Waals surface area contributed by atoms with E-state index in [-0.39, 0.29) is 11.5 Å². The van der Waals surface area contributed by atoms with Crippen molar-refractivity contribution in [3.63, 3.8) is 0 Å². The van der Waals surface area contributed by atoms with Crippen molar-refractivity contribution in [1.82, 2.24) is 0 Å². The van der Waals surface area contributed by atoms with Crippen molar-refractivity contribution in [2.75, 3.05) is 15.6 Å². The van der Waals surface area contributed by atoms with Crippen LogP contribution in [0.25, 0.3) is 0 Å². The van der Waals surface area contributed by atoms with E-state index in [9.17, 15) is 10.2 Å². The van der Waals surface area contributed by atoms with Crippen LogP contribution in [0.2, 0.25) is 0 Å². The third-order valence-corrected chi connectivity index (χ3v) is 3.78. The average Bonchev–Trinajstić information content (AvgIpc) is 2.95. The molecule has 0 bridgehead atoms. The Hall–Kier alpha value is -3.34. The summed E-state index contributed by atoms with van der Waals surface area (Å²) in [6, 6.07) is 21.9. The van der Waals surface area contributed by atoms with Gasteiger partial charge in [0.25, 0.3) is 0 Å². The summed E-state index contributed by atoms with van der Waals surface area (Å²) in [5, 5.41) is 24.0. The molecule has 3 aromatic carbocycles. The first kappa shape index (κ1) is 13.3. The van der Waals surface area contributed by atoms with Crippen molar-refractivity contribution in [1.29, 1.82) is 0 Å². The predicted octanol–water partition coefficient (Wildman–Crippen LogP) is 4.00. The van der Waals surface area contributed by atoms with E-state index in [1.54, 1.807) is 35.4 Å². The summed E-state index contributed by atoms with van der Waals surface area (Å²) >= 11 is 0. The van der Waals surface area contributed by atoms with Crippen molar-refractivity contribution >= 4 is 22.7 Å². The van der Waals surface area contributed by atoms with Crippen LogP contribution >= 0.6 is 0 Å². The number of rotatable bonds is 2. The number of anilines is 4. The zero-order valence-corrected chi connectivity index (χ0v) is 12.2. The molecule has 0 atom stereocenters. The lowest BCUT2D eigenvalue weighted by Gasteiger charge is -2.31. The second kappa shape index (κ2) is 5.14. The number of hydrogen-bond donors (Lipinski definition) is 3. The van der Waals surface area contributed by atoms with Gasteiger partial charge in [-0.3, -0.25) is 5.43 Å². The van der Waals surface area contributed by atoms with Gasteiger partial charge in [-0.05, 0) is 36.4 Å². The highest BCUT2D eigenvalue weighted by atomic mass is 16.3. The van der Waals surface area contributed by atoms with Gasteiger partial charge in [0.1, 0.15) is 22.9 Å². The summed E-state index contributed by atoms with van der Waals surface area (Å²) in [5.74, 6) is 0.305. The van der Waals surface area contributed by atoms with Crippen LogP contribution in [0, 0.1) is 0 Å². The van der Waals surface area contributed by atoms with Crippen LogP contribution in [-0.2, 0) is 0 Å². The van der Waals surface area contributed by atoms with E-state index in [1.165, 1.54) is 0 Å². The number of hydrogen-bond acceptors (Lipinski definition) is 5. The summed E-state index contributed by atoms with van der Waals surface area (Å²) in [6.07, 6.45) is 0. The highest BCUT2D eigenvalue weighted by Crippen LogP contribution is 2.45. The summed E-state index contributed by atoms with van der Waals surface area (Å²) < 4.78 is 0. The minimum absolute atomic E-state index is 0.147. The molecular formula is C18H15N3O2. The van der Waals surface area contributed by atoms with E-state index in [1.807, 2.05) is 47.5 Å². The van der Waals surface area contributed by atoms with Crippen molar-refractivity contribution in [3.8, 4) is 11.5 Å². The predicted molar refractivity (Wildman–Crippen MR) is 90.9 cm³/mol. The van der Waals surface area contributed by atoms with Gasteiger partial charge < -0.3 is 10.2 Å². The number of nitrogens with one attached hydrogen (secondary N) is 1. The third-order valence-electron chi connectivity index (χ3n) is 3.78. The molecule has 0 aromatic heterocycles. The maximum atomic E-state index is 10.3. The molecule has 1 heterocycles. The van der Waals surface area contributed by atoms with E-state index < -0.39 is 0 Å². The zero-order chi connectivity index (χ0) is 15.8. The van der Waals surface area contributed by atoms with Crippen LogP contribution in [0.5, 0.6) is 11.5 Å². The molecule has 0 radical (unpaired) electrons. The fourth-order valence-corrected chi connectivity index (χ4v) is 2.72. The van der Waals surface area contributed by atoms with Gasteiger partial charge in [-0.2, -0.15) is 5.12 Å². The molecule has 1 aliphatic rings. The van der Waals surface area contributed by atoms with E-state index >= 15 is 0 Å². The van der Waals surface area contributed by atoms with Gasteiger partial charge >= 0.3 is 0 Å². The van der Waals surface area contributed by atoms with E-state index in [2.05, 4.69) is 5.43 Å². The smallest absolute Gasteiger partial charge is 0.142 e. The minimum atomic E-state index is 0.147. The molecule has 0 unspecified atom stereocenters. The van der Waals surface area contributed by atoms with Crippen LogP contribution in [0.4, 0.5) is 22.7 Å². The molecule has 0 spiro atoms. The Morgan fingerprint density at radius 3 is 1.78 bits per heavy atom. The number of fused-ring (bicyclic) bond motifs is 1. The highest BCUT2D eigenvalue weighted by Gasteiger charge is 2.31. The first-order valence-corrected chi connectivity index (χ1v) is 7.27. The molecule has 3 N–H and O–H groups in total. The maximum absolute atomic E-state index is 10.3. The Kier molecular flexibility index (Phi) is 2.98. The fourth-order valence-electron chi connectivity index (χ4n) is 2.72. The molecule has 0 fully saturated rings. The SMILES string of the molecule is Oc1ccccc1N1Nc2ccccc2N1c1ccccc1O. The largest absolute Gasteiger partial charge is 0.506 e. The van der Waals surface area contributed by atoms with Crippen LogP contribution in [0.1, 0.15) is 0 Å². The van der Waals surface area contributed by atoms with Crippen molar-refractivity contribution in [2.45, 2.75) is 0 Å².